The fraction of sp³-hybridized carbons (Fsp3) is 0.781. The molecule has 1 aromatic carbocycles. The van der Waals surface area contributed by atoms with E-state index in [2.05, 4.69) is 47.7 Å². The number of esters is 1. The van der Waals surface area contributed by atoms with Gasteiger partial charge in [-0.1, -0.05) is 59.7 Å². The third-order valence-electron chi connectivity index (χ3n) is 9.63. The summed E-state index contributed by atoms with van der Waals surface area (Å²) >= 11 is 0. The molecule has 0 aliphatic carbocycles. The van der Waals surface area contributed by atoms with Crippen molar-refractivity contribution >= 4 is 24.7 Å². The Hall–Kier alpha value is -1.34. The molecule has 2 aliphatic rings. The van der Waals surface area contributed by atoms with Gasteiger partial charge >= 0.3 is 16.4 Å². The third kappa shape index (κ3) is 9.82. The molecule has 11 heteroatoms. The highest BCUT2D eigenvalue weighted by atomic mass is 32.3. The minimum atomic E-state index is -4.09. The lowest BCUT2D eigenvalue weighted by molar-refractivity contribution is -0.104. The van der Waals surface area contributed by atoms with Gasteiger partial charge in [-0.05, 0) is 68.8 Å². The zero-order valence-corrected chi connectivity index (χ0v) is 29.5. The zero-order chi connectivity index (χ0) is 32.2. The molecule has 0 amide bonds. The lowest BCUT2D eigenvalue weighted by Crippen LogP contribution is -2.51. The Balaban J connectivity index is 1.91. The first kappa shape index (κ1) is 36.1. The molecule has 2 heterocycles. The van der Waals surface area contributed by atoms with Crippen molar-refractivity contribution in [2.75, 3.05) is 13.7 Å². The molecule has 0 N–H and O–H groups in total. The number of carbonyl (C=O) groups excluding carboxylic acids is 1. The second-order valence-corrected chi connectivity index (χ2v) is 20.1. The Labute approximate surface area is 260 Å². The summed E-state index contributed by atoms with van der Waals surface area (Å²) in [5.74, 6) is -1.14. The van der Waals surface area contributed by atoms with Crippen LogP contribution in [-0.4, -0.2) is 73.0 Å². The minimum absolute atomic E-state index is 0.0450. The molecule has 0 unspecified atom stereocenters. The third-order valence-corrected chi connectivity index (χ3v) is 15.0. The van der Waals surface area contributed by atoms with Crippen molar-refractivity contribution in [3.63, 3.8) is 0 Å². The summed E-state index contributed by atoms with van der Waals surface area (Å²) in [7, 11) is -4.60. The summed E-state index contributed by atoms with van der Waals surface area (Å²) in [4.78, 5) is 13.4. The van der Waals surface area contributed by atoms with Gasteiger partial charge in [0.15, 0.2) is 8.32 Å². The number of hydrogen-bond acceptors (Lipinski definition) is 9. The number of ether oxygens (including phenoxy) is 3. The second-order valence-electron chi connectivity index (χ2n) is 14.1. The summed E-state index contributed by atoms with van der Waals surface area (Å²) < 4.78 is 59.6. The van der Waals surface area contributed by atoms with Crippen molar-refractivity contribution < 1.29 is 40.2 Å². The van der Waals surface area contributed by atoms with Gasteiger partial charge in [-0.3, -0.25) is 0 Å². The molecule has 2 saturated heterocycles. The van der Waals surface area contributed by atoms with Gasteiger partial charge in [0.1, 0.15) is 12.2 Å². The van der Waals surface area contributed by atoms with E-state index in [1.165, 1.54) is 0 Å². The van der Waals surface area contributed by atoms with Crippen LogP contribution < -0.4 is 0 Å². The molecule has 0 radical (unpaired) electrons. The molecule has 0 bridgehead atoms. The largest absolute Gasteiger partial charge is 0.458 e. The predicted octanol–water partition coefficient (Wildman–Crippen LogP) is 6.53. The molecule has 0 aromatic heterocycles. The quantitative estimate of drug-likeness (QED) is 0.175. The Morgan fingerprint density at radius 3 is 2.28 bits per heavy atom. The molecule has 1 aromatic rings. The Morgan fingerprint density at radius 2 is 1.72 bits per heavy atom. The topological polar surface area (TPSA) is 107 Å². The maximum atomic E-state index is 13.4. The first-order valence-corrected chi connectivity index (χ1v) is 19.9. The highest BCUT2D eigenvalue weighted by molar-refractivity contribution is 7.82. The van der Waals surface area contributed by atoms with Crippen LogP contribution in [0.2, 0.25) is 18.1 Å². The fourth-order valence-electron chi connectivity index (χ4n) is 5.90. The molecule has 2 fully saturated rings. The monoisotopic (exact) mass is 642 g/mol. The highest BCUT2D eigenvalue weighted by Gasteiger charge is 2.47. The van der Waals surface area contributed by atoms with Gasteiger partial charge in [-0.2, -0.15) is 8.42 Å². The zero-order valence-electron chi connectivity index (χ0n) is 27.7. The van der Waals surface area contributed by atoms with Gasteiger partial charge in [-0.15, -0.1) is 0 Å². The molecule has 9 atom stereocenters. The van der Waals surface area contributed by atoms with Crippen LogP contribution in [0.4, 0.5) is 0 Å². The van der Waals surface area contributed by atoms with E-state index in [-0.39, 0.29) is 47.9 Å². The van der Waals surface area contributed by atoms with Crippen LogP contribution in [0, 0.1) is 17.8 Å². The van der Waals surface area contributed by atoms with Crippen LogP contribution in [-0.2, 0) is 37.4 Å². The van der Waals surface area contributed by atoms with Crippen molar-refractivity contribution in [1.82, 2.24) is 0 Å². The van der Waals surface area contributed by atoms with E-state index < -0.39 is 42.8 Å². The van der Waals surface area contributed by atoms with E-state index in [0.717, 1.165) is 25.7 Å². The van der Waals surface area contributed by atoms with Gasteiger partial charge in [0.2, 0.25) is 0 Å². The van der Waals surface area contributed by atoms with E-state index in [1.807, 2.05) is 19.9 Å². The first-order chi connectivity index (χ1) is 19.9. The number of rotatable bonds is 13. The van der Waals surface area contributed by atoms with Gasteiger partial charge in [0, 0.05) is 18.9 Å². The van der Waals surface area contributed by atoms with E-state index in [4.69, 9.17) is 27.0 Å². The van der Waals surface area contributed by atoms with E-state index in [0.29, 0.717) is 5.56 Å². The van der Waals surface area contributed by atoms with E-state index in [9.17, 15) is 13.2 Å². The minimum Gasteiger partial charge on any atom is -0.458 e. The van der Waals surface area contributed by atoms with Crippen LogP contribution in [0.1, 0.15) is 84.5 Å². The molecule has 2 aliphatic heterocycles. The summed E-state index contributed by atoms with van der Waals surface area (Å²) in [6, 6.07) is 8.82. The van der Waals surface area contributed by atoms with Gasteiger partial charge in [-0.25, -0.2) is 13.2 Å². The maximum absolute atomic E-state index is 13.4. The molecular formula is C32H54O9SSi. The van der Waals surface area contributed by atoms with Crippen molar-refractivity contribution in [3.05, 3.63) is 35.9 Å². The van der Waals surface area contributed by atoms with Crippen LogP contribution in [0.25, 0.3) is 0 Å². The maximum Gasteiger partial charge on any atom is 0.400 e. The van der Waals surface area contributed by atoms with Crippen molar-refractivity contribution in [1.29, 1.82) is 0 Å². The van der Waals surface area contributed by atoms with Crippen LogP contribution in [0.3, 0.4) is 0 Å². The van der Waals surface area contributed by atoms with Crippen molar-refractivity contribution in [2.45, 2.75) is 129 Å². The normalized spacial score (nSPS) is 28.0. The molecule has 3 rings (SSSR count). The lowest BCUT2D eigenvalue weighted by Gasteiger charge is -2.45. The lowest BCUT2D eigenvalue weighted by atomic mass is 9.80. The fourth-order valence-corrected chi connectivity index (χ4v) is 8.27. The molecule has 43 heavy (non-hydrogen) atoms. The summed E-state index contributed by atoms with van der Waals surface area (Å²) in [5, 5.41) is -0.0450. The molecular weight excluding hydrogens is 588 g/mol. The molecule has 0 saturated carbocycles. The average Bonchev–Trinajstić information content (AvgIpc) is 3.31. The summed E-state index contributed by atoms with van der Waals surface area (Å²) in [5.41, 5.74) is 0.425. The number of benzene rings is 1. The van der Waals surface area contributed by atoms with Crippen LogP contribution >= 0.6 is 0 Å². The van der Waals surface area contributed by atoms with Gasteiger partial charge in [0.25, 0.3) is 0 Å². The average molecular weight is 643 g/mol. The number of carbonyl (C=O) groups is 1. The van der Waals surface area contributed by atoms with E-state index >= 15 is 0 Å². The molecule has 0 spiro atoms. The number of methoxy groups -OCH3 is 1. The first-order valence-electron chi connectivity index (χ1n) is 15.6. The van der Waals surface area contributed by atoms with E-state index in [1.54, 1.807) is 31.4 Å². The Morgan fingerprint density at radius 1 is 1.07 bits per heavy atom. The van der Waals surface area contributed by atoms with Gasteiger partial charge in [0.05, 0.1) is 36.6 Å². The predicted molar refractivity (Wildman–Crippen MR) is 169 cm³/mol. The van der Waals surface area contributed by atoms with Crippen LogP contribution in [0.5, 0.6) is 0 Å². The highest BCUT2D eigenvalue weighted by Crippen LogP contribution is 2.42. The SMILES string of the molecule is CO[C@H]1C[C@H](CC[C@H](C)[C@H](O[Si](C)(C)C(C)(C)C)[C@H](C)[C@@H](OC(=O)c2ccccc2)[C@@H](C)[C@@H]2COS(=O)(=O)O2)O[C@@H](C)C1. The number of hydrogen-bond donors (Lipinski definition) is 0. The second kappa shape index (κ2) is 14.8. The summed E-state index contributed by atoms with van der Waals surface area (Å²) in [6.07, 6.45) is 2.14. The van der Waals surface area contributed by atoms with Gasteiger partial charge < -0.3 is 18.6 Å². The van der Waals surface area contributed by atoms with Crippen molar-refractivity contribution in [3.8, 4) is 0 Å². The molecule has 9 nitrogen and oxygen atoms in total. The van der Waals surface area contributed by atoms with Crippen molar-refractivity contribution in [2.24, 2.45) is 17.8 Å². The molecule has 246 valence electrons. The smallest absolute Gasteiger partial charge is 0.400 e. The van der Waals surface area contributed by atoms with Crippen LogP contribution in [0.15, 0.2) is 30.3 Å². The Bertz CT molecular complexity index is 1140. The Kier molecular flexibility index (Phi) is 12.5. The summed E-state index contributed by atoms with van der Waals surface area (Å²) in [6.45, 7) is 19.1. The standard InChI is InChI=1S/C32H54O9SSi/c1-21(16-17-26-19-27(36-8)18-22(2)38-26)29(41-43(9,10)32(5,6)7)24(4)30(23(3)28-20-37-42(34,35)40-28)39-31(33)25-14-12-11-13-15-25/h11-15,21-24,26-30H,16-20H2,1-10H3/t21-,22-,23-,24-,26-,27+,28-,29-,30-/m0/s1.